The van der Waals surface area contributed by atoms with Crippen LogP contribution in [0.5, 0.6) is 0 Å². The summed E-state index contributed by atoms with van der Waals surface area (Å²) >= 11 is 3.27. The van der Waals surface area contributed by atoms with Gasteiger partial charge in [-0.3, -0.25) is 14.0 Å². The summed E-state index contributed by atoms with van der Waals surface area (Å²) < 4.78 is 12.0. The van der Waals surface area contributed by atoms with E-state index in [0.29, 0.717) is 10.9 Å². The third-order valence-corrected chi connectivity index (χ3v) is 3.15. The number of halogens is 1. The van der Waals surface area contributed by atoms with Crippen LogP contribution >= 0.6 is 15.9 Å². The molecule has 0 radical (unpaired) electrons. The van der Waals surface area contributed by atoms with Crippen LogP contribution in [0.1, 0.15) is 0 Å². The van der Waals surface area contributed by atoms with Crippen LogP contribution in [0.15, 0.2) is 32.6 Å². The highest BCUT2D eigenvalue weighted by atomic mass is 79.9. The van der Waals surface area contributed by atoms with Crippen LogP contribution in [0.4, 0.5) is 0 Å². The zero-order valence-electron chi connectivity index (χ0n) is 7.78. The van der Waals surface area contributed by atoms with Crippen molar-refractivity contribution in [2.75, 3.05) is 6.26 Å². The van der Waals surface area contributed by atoms with Gasteiger partial charge >= 0.3 is 0 Å². The SMILES string of the molecule is CS(=O)c1nc2ccc(Br)cc2c(=O)[nH]1. The van der Waals surface area contributed by atoms with Gasteiger partial charge in [-0.15, -0.1) is 0 Å². The van der Waals surface area contributed by atoms with Crippen LogP contribution < -0.4 is 5.56 Å². The molecule has 1 atom stereocenters. The number of fused-ring (bicyclic) bond motifs is 1. The molecule has 6 heteroatoms. The molecular weight excluding hydrogens is 280 g/mol. The zero-order valence-corrected chi connectivity index (χ0v) is 10.2. The van der Waals surface area contributed by atoms with Crippen LogP contribution in [0, 0.1) is 0 Å². The minimum absolute atomic E-state index is 0.204. The largest absolute Gasteiger partial charge is 0.299 e. The molecule has 0 aliphatic rings. The molecule has 0 saturated heterocycles. The van der Waals surface area contributed by atoms with Gasteiger partial charge in [0, 0.05) is 10.7 Å². The number of nitrogens with one attached hydrogen (secondary N) is 1. The minimum Gasteiger partial charge on any atom is -0.299 e. The van der Waals surface area contributed by atoms with E-state index in [4.69, 9.17) is 0 Å². The Labute approximate surface area is 96.3 Å². The van der Waals surface area contributed by atoms with Crippen LogP contribution in [-0.2, 0) is 10.8 Å². The quantitative estimate of drug-likeness (QED) is 0.807. The fraction of sp³-hybridized carbons (Fsp3) is 0.111. The maximum absolute atomic E-state index is 11.6. The van der Waals surface area contributed by atoms with Crippen LogP contribution in [0.3, 0.4) is 0 Å². The summed E-state index contributed by atoms with van der Waals surface area (Å²) in [7, 11) is -1.28. The van der Waals surface area contributed by atoms with E-state index in [0.717, 1.165) is 4.47 Å². The predicted molar refractivity (Wildman–Crippen MR) is 62.4 cm³/mol. The summed E-state index contributed by atoms with van der Waals surface area (Å²) in [5.41, 5.74) is 0.277. The Kier molecular flexibility index (Phi) is 2.70. The van der Waals surface area contributed by atoms with Gasteiger partial charge < -0.3 is 0 Å². The molecule has 0 aliphatic heterocycles. The normalized spacial score (nSPS) is 12.9. The number of nitrogens with zero attached hydrogens (tertiary/aromatic N) is 1. The lowest BCUT2D eigenvalue weighted by Gasteiger charge is -1.99. The highest BCUT2D eigenvalue weighted by Crippen LogP contribution is 2.15. The van der Waals surface area contributed by atoms with Crippen molar-refractivity contribution in [1.29, 1.82) is 0 Å². The molecule has 15 heavy (non-hydrogen) atoms. The Bertz CT molecular complexity index is 609. The second-order valence-electron chi connectivity index (χ2n) is 2.99. The first-order valence-electron chi connectivity index (χ1n) is 4.11. The molecule has 1 N–H and O–H groups in total. The fourth-order valence-corrected chi connectivity index (χ4v) is 2.05. The molecule has 0 saturated carbocycles. The van der Waals surface area contributed by atoms with E-state index >= 15 is 0 Å². The summed E-state index contributed by atoms with van der Waals surface area (Å²) in [6.45, 7) is 0. The lowest BCUT2D eigenvalue weighted by Crippen LogP contribution is -2.12. The van der Waals surface area contributed by atoms with Crippen molar-refractivity contribution >= 4 is 37.6 Å². The molecule has 4 nitrogen and oxygen atoms in total. The van der Waals surface area contributed by atoms with Gasteiger partial charge in [0.25, 0.3) is 5.56 Å². The molecule has 1 heterocycles. The lowest BCUT2D eigenvalue weighted by atomic mass is 10.2. The van der Waals surface area contributed by atoms with Gasteiger partial charge in [-0.25, -0.2) is 4.98 Å². The van der Waals surface area contributed by atoms with Gasteiger partial charge in [-0.1, -0.05) is 15.9 Å². The molecule has 0 fully saturated rings. The first kappa shape index (κ1) is 10.5. The number of aromatic amines is 1. The molecule has 2 rings (SSSR count). The van der Waals surface area contributed by atoms with Gasteiger partial charge in [-0.05, 0) is 18.2 Å². The molecular formula is C9H7BrN2O2S. The van der Waals surface area contributed by atoms with E-state index in [1.165, 1.54) is 6.26 Å². The van der Waals surface area contributed by atoms with E-state index in [9.17, 15) is 9.00 Å². The van der Waals surface area contributed by atoms with E-state index in [1.807, 2.05) is 0 Å². The standard InChI is InChI=1S/C9H7BrN2O2S/c1-15(14)9-11-7-3-2-5(10)4-6(7)8(13)12-9/h2-4H,1H3,(H,11,12,13). The van der Waals surface area contributed by atoms with Crippen molar-refractivity contribution in [2.45, 2.75) is 5.16 Å². The number of H-pyrrole nitrogens is 1. The van der Waals surface area contributed by atoms with Crippen molar-refractivity contribution < 1.29 is 4.21 Å². The molecule has 1 aromatic heterocycles. The Morgan fingerprint density at radius 2 is 2.20 bits per heavy atom. The smallest absolute Gasteiger partial charge is 0.259 e. The Balaban J connectivity index is 2.84. The van der Waals surface area contributed by atoms with Crippen LogP contribution in [0.25, 0.3) is 10.9 Å². The van der Waals surface area contributed by atoms with Crippen LogP contribution in [-0.4, -0.2) is 20.4 Å². The van der Waals surface area contributed by atoms with Crippen molar-refractivity contribution in [3.63, 3.8) is 0 Å². The highest BCUT2D eigenvalue weighted by Gasteiger charge is 2.06. The highest BCUT2D eigenvalue weighted by molar-refractivity contribution is 9.10. The van der Waals surface area contributed by atoms with Crippen molar-refractivity contribution in [3.05, 3.63) is 33.0 Å². The van der Waals surface area contributed by atoms with Crippen molar-refractivity contribution in [2.24, 2.45) is 0 Å². The summed E-state index contributed by atoms with van der Waals surface area (Å²) in [5, 5.41) is 0.688. The second kappa shape index (κ2) is 3.86. The van der Waals surface area contributed by atoms with Gasteiger partial charge in [0.2, 0.25) is 0 Å². The molecule has 1 aromatic carbocycles. The average Bonchev–Trinajstić information content (AvgIpc) is 2.18. The second-order valence-corrected chi connectivity index (χ2v) is 5.20. The van der Waals surface area contributed by atoms with E-state index < -0.39 is 10.8 Å². The van der Waals surface area contributed by atoms with Gasteiger partial charge in [0.1, 0.15) is 0 Å². The summed E-state index contributed by atoms with van der Waals surface area (Å²) in [6, 6.07) is 5.19. The molecule has 0 bridgehead atoms. The van der Waals surface area contributed by atoms with E-state index in [-0.39, 0.29) is 10.7 Å². The third-order valence-electron chi connectivity index (χ3n) is 1.92. The maximum atomic E-state index is 11.6. The summed E-state index contributed by atoms with van der Waals surface area (Å²) in [5.74, 6) is 0. The average molecular weight is 287 g/mol. The van der Waals surface area contributed by atoms with Crippen molar-refractivity contribution in [3.8, 4) is 0 Å². The Morgan fingerprint density at radius 1 is 1.47 bits per heavy atom. The van der Waals surface area contributed by atoms with E-state index in [1.54, 1.807) is 18.2 Å². The Morgan fingerprint density at radius 3 is 2.87 bits per heavy atom. The van der Waals surface area contributed by atoms with Gasteiger partial charge in [-0.2, -0.15) is 0 Å². The molecule has 0 spiro atoms. The fourth-order valence-electron chi connectivity index (χ4n) is 1.23. The van der Waals surface area contributed by atoms with Crippen LogP contribution in [0.2, 0.25) is 0 Å². The number of aromatic nitrogens is 2. The first-order valence-corrected chi connectivity index (χ1v) is 6.46. The molecule has 78 valence electrons. The molecule has 2 aromatic rings. The zero-order chi connectivity index (χ0) is 11.0. The number of rotatable bonds is 1. The number of benzene rings is 1. The number of hydrogen-bond donors (Lipinski definition) is 1. The molecule has 0 amide bonds. The topological polar surface area (TPSA) is 62.8 Å². The summed E-state index contributed by atoms with van der Waals surface area (Å²) in [6.07, 6.45) is 1.48. The first-order chi connectivity index (χ1) is 7.08. The monoisotopic (exact) mass is 286 g/mol. The Hall–Kier alpha value is -1.01. The van der Waals surface area contributed by atoms with Crippen molar-refractivity contribution in [1.82, 2.24) is 9.97 Å². The van der Waals surface area contributed by atoms with Gasteiger partial charge in [0.05, 0.1) is 21.7 Å². The van der Waals surface area contributed by atoms with E-state index in [2.05, 4.69) is 25.9 Å². The molecule has 0 aliphatic carbocycles. The van der Waals surface area contributed by atoms with Gasteiger partial charge in [0.15, 0.2) is 5.16 Å². The lowest BCUT2D eigenvalue weighted by molar-refractivity contribution is 0.680. The predicted octanol–water partition coefficient (Wildman–Crippen LogP) is 1.42. The number of hydrogen-bond acceptors (Lipinski definition) is 3. The third kappa shape index (κ3) is 2.00. The minimum atomic E-state index is -1.28. The maximum Gasteiger partial charge on any atom is 0.259 e. The molecule has 1 unspecified atom stereocenters. The summed E-state index contributed by atoms with van der Waals surface area (Å²) in [4.78, 5) is 18.2.